The Morgan fingerprint density at radius 3 is 3.08 bits per heavy atom. The molecule has 3 unspecified atom stereocenters. The summed E-state index contributed by atoms with van der Waals surface area (Å²) >= 11 is 0. The summed E-state index contributed by atoms with van der Waals surface area (Å²) in [5, 5.41) is 22.2. The van der Waals surface area contributed by atoms with Gasteiger partial charge in [0.15, 0.2) is 17.6 Å². The van der Waals surface area contributed by atoms with Gasteiger partial charge in [-0.05, 0) is 37.8 Å². The van der Waals surface area contributed by atoms with Gasteiger partial charge < -0.3 is 14.9 Å². The quantitative estimate of drug-likeness (QED) is 0.755. The van der Waals surface area contributed by atoms with E-state index in [1.165, 1.54) is 0 Å². The summed E-state index contributed by atoms with van der Waals surface area (Å²) in [5.41, 5.74) is -1.54. The predicted molar refractivity (Wildman–Crippen MR) is 87.1 cm³/mol. The Morgan fingerprint density at radius 2 is 2.29 bits per heavy atom. The molecule has 0 aromatic rings. The van der Waals surface area contributed by atoms with Crippen molar-refractivity contribution in [2.24, 2.45) is 17.3 Å². The summed E-state index contributed by atoms with van der Waals surface area (Å²) in [6.45, 7) is 5.43. The van der Waals surface area contributed by atoms with E-state index in [1.807, 2.05) is 12.2 Å². The molecule has 5 rings (SSSR count). The van der Waals surface area contributed by atoms with Gasteiger partial charge in [0.1, 0.15) is 5.76 Å². The zero-order valence-electron chi connectivity index (χ0n) is 13.6. The minimum absolute atomic E-state index is 0.00828. The second-order valence-corrected chi connectivity index (χ2v) is 7.96. The number of carbonyl (C=O) groups is 1. The number of nitrogens with zero attached hydrogens (tertiary/aromatic N) is 1. The van der Waals surface area contributed by atoms with Gasteiger partial charge in [0.25, 0.3) is 0 Å². The highest BCUT2D eigenvalue weighted by Crippen LogP contribution is 2.69. The van der Waals surface area contributed by atoms with Gasteiger partial charge >= 0.3 is 0 Å². The fraction of sp³-hybridized carbons (Fsp3) is 0.632. The van der Waals surface area contributed by atoms with E-state index in [0.29, 0.717) is 18.6 Å². The molecule has 1 spiro atoms. The van der Waals surface area contributed by atoms with Crippen LogP contribution in [0.4, 0.5) is 0 Å². The minimum Gasteiger partial charge on any atom is -0.504 e. The molecule has 5 heteroatoms. The van der Waals surface area contributed by atoms with Gasteiger partial charge in [0.05, 0.1) is 11.0 Å². The van der Waals surface area contributed by atoms with Crippen molar-refractivity contribution in [3.05, 3.63) is 36.3 Å². The topological polar surface area (TPSA) is 70.0 Å². The number of carbonyl (C=O) groups excluding carboxylic acids is 1. The summed E-state index contributed by atoms with van der Waals surface area (Å²) in [6, 6.07) is 0.00828. The Hall–Kier alpha value is -1.59. The first-order chi connectivity index (χ1) is 11.5. The van der Waals surface area contributed by atoms with E-state index >= 15 is 0 Å². The largest absolute Gasteiger partial charge is 0.504 e. The van der Waals surface area contributed by atoms with Crippen molar-refractivity contribution < 1.29 is 19.7 Å². The fourth-order valence-electron chi connectivity index (χ4n) is 6.40. The number of hydrogen-bond donors (Lipinski definition) is 2. The third-order valence-electron chi connectivity index (χ3n) is 7.25. The second kappa shape index (κ2) is 4.52. The molecule has 0 radical (unpaired) electrons. The third kappa shape index (κ3) is 1.43. The maximum Gasteiger partial charge on any atom is 0.174 e. The molecule has 24 heavy (non-hydrogen) atoms. The van der Waals surface area contributed by atoms with Crippen molar-refractivity contribution >= 4 is 5.78 Å². The van der Waals surface area contributed by atoms with E-state index in [4.69, 9.17) is 4.74 Å². The number of piperidine rings is 1. The molecule has 2 saturated heterocycles. The molecule has 0 aromatic carbocycles. The molecule has 0 amide bonds. The highest BCUT2D eigenvalue weighted by molar-refractivity contribution is 5.87. The summed E-state index contributed by atoms with van der Waals surface area (Å²) < 4.78 is 6.04. The normalized spacial score (nSPS) is 49.0. The molecule has 6 atom stereocenters. The van der Waals surface area contributed by atoms with Gasteiger partial charge in [-0.25, -0.2) is 0 Å². The van der Waals surface area contributed by atoms with Crippen molar-refractivity contribution in [3.8, 4) is 0 Å². The van der Waals surface area contributed by atoms with Gasteiger partial charge in [0, 0.05) is 24.9 Å². The first-order valence-corrected chi connectivity index (χ1v) is 8.91. The molecule has 128 valence electrons. The van der Waals surface area contributed by atoms with Crippen molar-refractivity contribution in [2.75, 3.05) is 13.1 Å². The van der Waals surface area contributed by atoms with Crippen LogP contribution >= 0.6 is 0 Å². The van der Waals surface area contributed by atoms with Crippen LogP contribution in [-0.4, -0.2) is 51.7 Å². The zero-order valence-corrected chi connectivity index (χ0v) is 13.6. The number of ketones is 1. The SMILES string of the molecule is C=CCN1CCC23C4C5=C(O)C=CC4C[C@@H]1[C@]2(O)CCC(=O)[C@@H]3O5. The first-order valence-electron chi connectivity index (χ1n) is 8.91. The van der Waals surface area contributed by atoms with Crippen LogP contribution in [-0.2, 0) is 9.53 Å². The molecule has 2 N–H and O–H groups in total. The van der Waals surface area contributed by atoms with Crippen molar-refractivity contribution in [2.45, 2.75) is 43.4 Å². The molecule has 3 aliphatic carbocycles. The summed E-state index contributed by atoms with van der Waals surface area (Å²) in [6.07, 6.45) is 7.40. The molecular formula is C19H23NO4. The monoisotopic (exact) mass is 329 g/mol. The second-order valence-electron chi connectivity index (χ2n) is 7.96. The van der Waals surface area contributed by atoms with Gasteiger partial charge in [-0.2, -0.15) is 0 Å². The van der Waals surface area contributed by atoms with E-state index < -0.39 is 17.1 Å². The number of aliphatic hydroxyl groups is 2. The standard InChI is InChI=1S/C19H23NO4/c1-2-8-20-9-7-18-15-11-3-4-12(21)16(15)24-17(18)13(22)5-6-19(18,23)14(20)10-11/h2-4,11,14-15,17,21,23H,1,5-10H2/t11?,14-,15?,17+,18?,19-/m1/s1. The van der Waals surface area contributed by atoms with Crippen LogP contribution in [0.3, 0.4) is 0 Å². The first kappa shape index (κ1) is 14.7. The van der Waals surface area contributed by atoms with Gasteiger partial charge in [-0.1, -0.05) is 12.2 Å². The Labute approximate surface area is 141 Å². The number of hydrogen-bond acceptors (Lipinski definition) is 5. The number of likely N-dealkylation sites (tertiary alicyclic amines) is 1. The predicted octanol–water partition coefficient (Wildman–Crippen LogP) is 1.70. The summed E-state index contributed by atoms with van der Waals surface area (Å²) in [4.78, 5) is 15.0. The zero-order chi connectivity index (χ0) is 16.7. The minimum atomic E-state index is -0.943. The summed E-state index contributed by atoms with van der Waals surface area (Å²) in [7, 11) is 0. The Balaban J connectivity index is 1.72. The number of allylic oxidation sites excluding steroid dienone is 3. The van der Waals surface area contributed by atoms with Gasteiger partial charge in [-0.3, -0.25) is 9.69 Å². The average Bonchev–Trinajstić information content (AvgIpc) is 2.91. The van der Waals surface area contributed by atoms with Crippen molar-refractivity contribution in [1.82, 2.24) is 4.90 Å². The van der Waals surface area contributed by atoms with Crippen LogP contribution in [0, 0.1) is 17.3 Å². The van der Waals surface area contributed by atoms with Crippen LogP contribution in [0.5, 0.6) is 0 Å². The molecule has 2 saturated carbocycles. The van der Waals surface area contributed by atoms with E-state index in [0.717, 1.165) is 25.9 Å². The molecule has 4 fully saturated rings. The maximum absolute atomic E-state index is 12.7. The third-order valence-corrected chi connectivity index (χ3v) is 7.25. The number of Topliss-reactive ketones (excluding diaryl/α,β-unsaturated/α-hetero) is 1. The number of ether oxygens (including phenoxy) is 1. The Morgan fingerprint density at radius 1 is 1.46 bits per heavy atom. The highest BCUT2D eigenvalue weighted by Gasteiger charge is 2.76. The Bertz CT molecular complexity index is 697. The molecule has 2 heterocycles. The van der Waals surface area contributed by atoms with Crippen molar-refractivity contribution in [3.63, 3.8) is 0 Å². The number of aliphatic hydroxyl groups excluding tert-OH is 1. The van der Waals surface area contributed by atoms with Crippen LogP contribution in [0.25, 0.3) is 0 Å². The number of rotatable bonds is 2. The van der Waals surface area contributed by atoms with Crippen LogP contribution in [0.1, 0.15) is 25.7 Å². The van der Waals surface area contributed by atoms with E-state index in [9.17, 15) is 15.0 Å². The lowest BCUT2D eigenvalue weighted by Gasteiger charge is -2.65. The molecular weight excluding hydrogens is 306 g/mol. The lowest BCUT2D eigenvalue weighted by Crippen LogP contribution is -2.76. The van der Waals surface area contributed by atoms with Crippen molar-refractivity contribution in [1.29, 1.82) is 0 Å². The molecule has 5 aliphatic rings. The van der Waals surface area contributed by atoms with Gasteiger partial charge in [0.2, 0.25) is 0 Å². The maximum atomic E-state index is 12.7. The van der Waals surface area contributed by atoms with E-state index in [1.54, 1.807) is 6.08 Å². The van der Waals surface area contributed by atoms with Crippen LogP contribution < -0.4 is 0 Å². The lowest BCUT2D eigenvalue weighted by atomic mass is 9.44. The van der Waals surface area contributed by atoms with E-state index in [-0.39, 0.29) is 29.4 Å². The lowest BCUT2D eigenvalue weighted by molar-refractivity contribution is -0.242. The molecule has 2 aliphatic heterocycles. The average molecular weight is 329 g/mol. The Kier molecular flexibility index (Phi) is 2.78. The van der Waals surface area contributed by atoms with Gasteiger partial charge in [-0.15, -0.1) is 6.58 Å². The van der Waals surface area contributed by atoms with E-state index in [2.05, 4.69) is 11.5 Å². The fourth-order valence-corrected chi connectivity index (χ4v) is 6.40. The van der Waals surface area contributed by atoms with Crippen LogP contribution in [0.2, 0.25) is 0 Å². The highest BCUT2D eigenvalue weighted by atomic mass is 16.5. The molecule has 0 aromatic heterocycles. The molecule has 2 bridgehead atoms. The molecule has 5 nitrogen and oxygen atoms in total. The smallest absolute Gasteiger partial charge is 0.174 e. The van der Waals surface area contributed by atoms with Crippen LogP contribution in [0.15, 0.2) is 36.3 Å². The summed E-state index contributed by atoms with van der Waals surface area (Å²) in [5.74, 6) is 0.860.